The van der Waals surface area contributed by atoms with Gasteiger partial charge in [-0.15, -0.1) is 0 Å². The Labute approximate surface area is 124 Å². The minimum Gasteiger partial charge on any atom is -0.394 e. The lowest BCUT2D eigenvalue weighted by molar-refractivity contribution is 0.0939. The highest BCUT2D eigenvalue weighted by atomic mass is 16.3. The van der Waals surface area contributed by atoms with Gasteiger partial charge in [0.25, 0.3) is 5.91 Å². The van der Waals surface area contributed by atoms with Gasteiger partial charge in [0.2, 0.25) is 0 Å². The van der Waals surface area contributed by atoms with Crippen molar-refractivity contribution >= 4 is 11.7 Å². The average Bonchev–Trinajstić information content (AvgIpc) is 2.46. The molecule has 1 unspecified atom stereocenters. The highest BCUT2D eigenvalue weighted by Crippen LogP contribution is 2.25. The molecule has 0 aromatic carbocycles. The van der Waals surface area contributed by atoms with E-state index in [0.29, 0.717) is 30.3 Å². The zero-order valence-electron chi connectivity index (χ0n) is 12.6. The van der Waals surface area contributed by atoms with Crippen LogP contribution in [0.4, 0.5) is 5.82 Å². The first kappa shape index (κ1) is 15.7. The number of fused-ring (bicyclic) bond motifs is 1. The monoisotopic (exact) mass is 294 g/mol. The van der Waals surface area contributed by atoms with Crippen molar-refractivity contribution in [2.75, 3.05) is 31.6 Å². The van der Waals surface area contributed by atoms with Gasteiger partial charge >= 0.3 is 0 Å². The fourth-order valence-electron chi connectivity index (χ4n) is 2.33. The normalized spacial score (nSPS) is 15.6. The predicted molar refractivity (Wildman–Crippen MR) is 78.5 cm³/mol. The Morgan fingerprint density at radius 3 is 2.71 bits per heavy atom. The van der Waals surface area contributed by atoms with Crippen LogP contribution in [0, 0.1) is 0 Å². The summed E-state index contributed by atoms with van der Waals surface area (Å²) in [4.78, 5) is 22.7. The number of carbonyl (C=O) groups is 1. The van der Waals surface area contributed by atoms with Crippen LogP contribution in [0.5, 0.6) is 0 Å². The maximum atomic E-state index is 12.0. The van der Waals surface area contributed by atoms with E-state index >= 15 is 0 Å². The molecule has 7 heteroatoms. The van der Waals surface area contributed by atoms with Crippen molar-refractivity contribution in [3.8, 4) is 0 Å². The number of carbonyl (C=O) groups excluding carboxylic acids is 1. The van der Waals surface area contributed by atoms with Crippen molar-refractivity contribution in [3.63, 3.8) is 0 Å². The first-order chi connectivity index (χ1) is 9.93. The first-order valence-electron chi connectivity index (χ1n) is 7.13. The summed E-state index contributed by atoms with van der Waals surface area (Å²) in [5.74, 6) is 1.18. The number of hydrogen-bond donors (Lipinski definition) is 3. The van der Waals surface area contributed by atoms with Crippen molar-refractivity contribution in [2.45, 2.75) is 32.3 Å². The molecular formula is C14H22N4O3. The van der Waals surface area contributed by atoms with E-state index in [-0.39, 0.29) is 25.0 Å². The van der Waals surface area contributed by atoms with E-state index in [0.717, 1.165) is 5.56 Å². The molecule has 1 amide bonds. The zero-order valence-corrected chi connectivity index (χ0v) is 12.6. The number of hydrogen-bond acceptors (Lipinski definition) is 6. The molecule has 116 valence electrons. The van der Waals surface area contributed by atoms with Crippen LogP contribution in [0.3, 0.4) is 0 Å². The Morgan fingerprint density at radius 2 is 2.10 bits per heavy atom. The summed E-state index contributed by atoms with van der Waals surface area (Å²) in [7, 11) is 1.79. The number of amides is 1. The predicted octanol–water partition coefficient (Wildman–Crippen LogP) is -0.325. The van der Waals surface area contributed by atoms with Crippen LogP contribution in [0.15, 0.2) is 0 Å². The molecule has 1 aliphatic rings. The Balaban J connectivity index is 2.45. The summed E-state index contributed by atoms with van der Waals surface area (Å²) >= 11 is 0. The molecule has 1 aromatic rings. The molecule has 3 N–H and O–H groups in total. The molecule has 0 saturated heterocycles. The lowest BCUT2D eigenvalue weighted by Crippen LogP contribution is -2.37. The lowest BCUT2D eigenvalue weighted by atomic mass is 10.0. The van der Waals surface area contributed by atoms with Crippen molar-refractivity contribution in [3.05, 3.63) is 17.1 Å². The van der Waals surface area contributed by atoms with Gasteiger partial charge in [-0.3, -0.25) is 4.79 Å². The number of aliphatic hydroxyl groups excluding tert-OH is 2. The molecular weight excluding hydrogens is 272 g/mol. The van der Waals surface area contributed by atoms with Crippen molar-refractivity contribution in [2.24, 2.45) is 0 Å². The number of nitrogens with zero attached hydrogens (tertiary/aromatic N) is 3. The van der Waals surface area contributed by atoms with Gasteiger partial charge in [-0.2, -0.15) is 0 Å². The Hall–Kier alpha value is -1.73. The second-order valence-electron chi connectivity index (χ2n) is 5.61. The minimum absolute atomic E-state index is 0.0972. The van der Waals surface area contributed by atoms with E-state index in [1.54, 1.807) is 11.9 Å². The van der Waals surface area contributed by atoms with Crippen LogP contribution in [0.25, 0.3) is 0 Å². The van der Waals surface area contributed by atoms with Crippen LogP contribution < -0.4 is 10.2 Å². The summed E-state index contributed by atoms with van der Waals surface area (Å²) < 4.78 is 0. The van der Waals surface area contributed by atoms with Gasteiger partial charge in [0, 0.05) is 31.6 Å². The number of likely N-dealkylation sites (N-methyl/N-ethyl adjacent to an activating group) is 1. The SMILES string of the molecule is CC(C)c1nc2c(c(N(C)CC(O)CO)n1)CCNC2=O. The van der Waals surface area contributed by atoms with E-state index in [9.17, 15) is 9.90 Å². The number of aliphatic hydroxyl groups is 2. The minimum atomic E-state index is -0.847. The van der Waals surface area contributed by atoms with Crippen molar-refractivity contribution in [1.29, 1.82) is 0 Å². The van der Waals surface area contributed by atoms with Gasteiger partial charge in [-0.25, -0.2) is 9.97 Å². The molecule has 21 heavy (non-hydrogen) atoms. The number of anilines is 1. The molecule has 0 aliphatic carbocycles. The third kappa shape index (κ3) is 3.30. The third-order valence-corrected chi connectivity index (χ3v) is 3.45. The topological polar surface area (TPSA) is 98.6 Å². The van der Waals surface area contributed by atoms with Gasteiger partial charge in [0.15, 0.2) is 0 Å². The lowest BCUT2D eigenvalue weighted by Gasteiger charge is -2.27. The number of nitrogens with one attached hydrogen (secondary N) is 1. The van der Waals surface area contributed by atoms with E-state index in [1.165, 1.54) is 0 Å². The van der Waals surface area contributed by atoms with Crippen molar-refractivity contribution < 1.29 is 15.0 Å². The summed E-state index contributed by atoms with van der Waals surface area (Å²) in [5.41, 5.74) is 1.22. The van der Waals surface area contributed by atoms with Gasteiger partial charge < -0.3 is 20.4 Å². The van der Waals surface area contributed by atoms with Gasteiger partial charge in [0.1, 0.15) is 17.3 Å². The van der Waals surface area contributed by atoms with E-state index in [4.69, 9.17) is 5.11 Å². The fraction of sp³-hybridized carbons (Fsp3) is 0.643. The maximum absolute atomic E-state index is 12.0. The largest absolute Gasteiger partial charge is 0.394 e. The summed E-state index contributed by atoms with van der Waals surface area (Å²) in [6, 6.07) is 0. The number of rotatable bonds is 5. The van der Waals surface area contributed by atoms with E-state index in [2.05, 4.69) is 15.3 Å². The molecule has 0 fully saturated rings. The van der Waals surface area contributed by atoms with Gasteiger partial charge in [-0.1, -0.05) is 13.8 Å². The van der Waals surface area contributed by atoms with Crippen LogP contribution in [-0.2, 0) is 6.42 Å². The molecule has 1 aromatic heterocycles. The molecule has 7 nitrogen and oxygen atoms in total. The van der Waals surface area contributed by atoms with E-state index < -0.39 is 6.10 Å². The maximum Gasteiger partial charge on any atom is 0.270 e. The smallest absolute Gasteiger partial charge is 0.270 e. The summed E-state index contributed by atoms with van der Waals surface area (Å²) in [6.07, 6.45) is -0.186. The fourth-order valence-corrected chi connectivity index (χ4v) is 2.33. The molecule has 0 spiro atoms. The van der Waals surface area contributed by atoms with Crippen LogP contribution in [-0.4, -0.2) is 58.9 Å². The first-order valence-corrected chi connectivity index (χ1v) is 7.13. The molecule has 1 atom stereocenters. The molecule has 1 aliphatic heterocycles. The Kier molecular flexibility index (Phi) is 4.74. The second kappa shape index (κ2) is 6.36. The van der Waals surface area contributed by atoms with Gasteiger partial charge in [-0.05, 0) is 6.42 Å². The Bertz CT molecular complexity index is 533. The molecule has 0 saturated carbocycles. The van der Waals surface area contributed by atoms with Gasteiger partial charge in [0.05, 0.1) is 12.7 Å². The molecule has 0 radical (unpaired) electrons. The van der Waals surface area contributed by atoms with Crippen LogP contribution >= 0.6 is 0 Å². The van der Waals surface area contributed by atoms with Crippen LogP contribution in [0.2, 0.25) is 0 Å². The molecule has 2 heterocycles. The highest BCUT2D eigenvalue weighted by Gasteiger charge is 2.26. The summed E-state index contributed by atoms with van der Waals surface area (Å²) in [6.45, 7) is 4.43. The highest BCUT2D eigenvalue weighted by molar-refractivity contribution is 5.96. The quantitative estimate of drug-likeness (QED) is 0.688. The summed E-state index contributed by atoms with van der Waals surface area (Å²) in [5, 5.41) is 21.4. The van der Waals surface area contributed by atoms with Crippen LogP contribution in [0.1, 0.15) is 41.6 Å². The zero-order chi connectivity index (χ0) is 15.6. The van der Waals surface area contributed by atoms with E-state index in [1.807, 2.05) is 13.8 Å². The molecule has 0 bridgehead atoms. The Morgan fingerprint density at radius 1 is 1.38 bits per heavy atom. The third-order valence-electron chi connectivity index (χ3n) is 3.45. The number of aromatic nitrogens is 2. The van der Waals surface area contributed by atoms with Crippen molar-refractivity contribution in [1.82, 2.24) is 15.3 Å². The second-order valence-corrected chi connectivity index (χ2v) is 5.61. The average molecular weight is 294 g/mol. The molecule has 2 rings (SSSR count). The standard InChI is InChI=1S/C14H22N4O3/c1-8(2)12-16-11-10(4-5-15-14(11)21)13(17-12)18(3)6-9(20)7-19/h8-9,19-20H,4-7H2,1-3H3,(H,15,21).